The van der Waals surface area contributed by atoms with Gasteiger partial charge in [0.2, 0.25) is 5.91 Å². The molecule has 29 heavy (non-hydrogen) atoms. The SMILES string of the molecule is Cc1cc(NC(=O)CSCc2nc3scc(-c4ccccc4)c3c(=O)[nH]2)ccn1. The second kappa shape index (κ2) is 8.59. The van der Waals surface area contributed by atoms with E-state index in [-0.39, 0.29) is 17.2 Å². The van der Waals surface area contributed by atoms with Crippen LogP contribution in [0, 0.1) is 6.92 Å². The molecule has 0 radical (unpaired) electrons. The van der Waals surface area contributed by atoms with Crippen LogP contribution in [0.2, 0.25) is 0 Å². The topological polar surface area (TPSA) is 87.7 Å². The van der Waals surface area contributed by atoms with Crippen LogP contribution in [0.15, 0.2) is 58.8 Å². The molecule has 2 N–H and O–H groups in total. The molecule has 0 bridgehead atoms. The van der Waals surface area contributed by atoms with E-state index in [1.165, 1.54) is 23.1 Å². The van der Waals surface area contributed by atoms with Gasteiger partial charge in [-0.15, -0.1) is 23.1 Å². The minimum Gasteiger partial charge on any atom is -0.325 e. The highest BCUT2D eigenvalue weighted by Crippen LogP contribution is 2.30. The maximum atomic E-state index is 12.6. The number of nitrogens with zero attached hydrogens (tertiary/aromatic N) is 2. The summed E-state index contributed by atoms with van der Waals surface area (Å²) >= 11 is 2.86. The number of anilines is 1. The minimum absolute atomic E-state index is 0.105. The highest BCUT2D eigenvalue weighted by Gasteiger charge is 2.13. The number of benzene rings is 1. The molecule has 146 valence electrons. The van der Waals surface area contributed by atoms with Crippen molar-refractivity contribution >= 4 is 44.9 Å². The maximum absolute atomic E-state index is 12.6. The molecule has 0 unspecified atom stereocenters. The van der Waals surface area contributed by atoms with Crippen molar-refractivity contribution in [1.29, 1.82) is 0 Å². The Bertz CT molecular complexity index is 1220. The van der Waals surface area contributed by atoms with Crippen molar-refractivity contribution in [3.63, 3.8) is 0 Å². The molecule has 4 rings (SSSR count). The quantitative estimate of drug-likeness (QED) is 0.486. The molecule has 0 saturated carbocycles. The van der Waals surface area contributed by atoms with Crippen LogP contribution >= 0.6 is 23.1 Å². The predicted octanol–water partition coefficient (Wildman–Crippen LogP) is 4.23. The lowest BCUT2D eigenvalue weighted by Gasteiger charge is -2.06. The molecule has 0 fully saturated rings. The molecule has 0 aliphatic heterocycles. The summed E-state index contributed by atoms with van der Waals surface area (Å²) in [6.07, 6.45) is 1.66. The van der Waals surface area contributed by atoms with Gasteiger partial charge in [0.1, 0.15) is 10.7 Å². The van der Waals surface area contributed by atoms with E-state index in [2.05, 4.69) is 20.3 Å². The number of aryl methyl sites for hydroxylation is 1. The number of rotatable bonds is 6. The molecule has 4 aromatic rings. The zero-order valence-electron chi connectivity index (χ0n) is 15.6. The standard InChI is InChI=1S/C21H18N4O2S2/c1-13-9-15(7-8-22-13)23-18(26)12-28-11-17-24-20(27)19-16(10-29-21(19)25-17)14-5-3-2-4-6-14/h2-10H,11-12H2,1H3,(H,22,23,26)(H,24,25,27). The average molecular weight is 423 g/mol. The lowest BCUT2D eigenvalue weighted by atomic mass is 10.1. The Kier molecular flexibility index (Phi) is 5.73. The van der Waals surface area contributed by atoms with Crippen LogP contribution in [-0.2, 0) is 10.5 Å². The third-order valence-corrected chi connectivity index (χ3v) is 6.05. The molecule has 1 amide bonds. The number of hydrogen-bond donors (Lipinski definition) is 2. The van der Waals surface area contributed by atoms with Gasteiger partial charge in [0, 0.05) is 28.5 Å². The predicted molar refractivity (Wildman–Crippen MR) is 119 cm³/mol. The Morgan fingerprint density at radius 1 is 1.24 bits per heavy atom. The van der Waals surface area contributed by atoms with E-state index >= 15 is 0 Å². The number of thioether (sulfide) groups is 1. The van der Waals surface area contributed by atoms with E-state index in [4.69, 9.17) is 0 Å². The molecular weight excluding hydrogens is 404 g/mol. The average Bonchev–Trinajstić information content (AvgIpc) is 3.13. The summed E-state index contributed by atoms with van der Waals surface area (Å²) in [6, 6.07) is 13.4. The normalized spacial score (nSPS) is 10.9. The Morgan fingerprint density at radius 3 is 2.86 bits per heavy atom. The van der Waals surface area contributed by atoms with E-state index in [0.717, 1.165) is 22.5 Å². The second-order valence-electron chi connectivity index (χ2n) is 6.44. The van der Waals surface area contributed by atoms with E-state index in [1.807, 2.05) is 48.7 Å². The molecule has 6 nitrogen and oxygen atoms in total. The van der Waals surface area contributed by atoms with Gasteiger partial charge in [-0.2, -0.15) is 0 Å². The molecule has 3 heterocycles. The molecule has 0 aliphatic rings. The fraction of sp³-hybridized carbons (Fsp3) is 0.143. The van der Waals surface area contributed by atoms with Crippen LogP contribution in [0.5, 0.6) is 0 Å². The lowest BCUT2D eigenvalue weighted by molar-refractivity contribution is -0.113. The van der Waals surface area contributed by atoms with Crippen LogP contribution in [0.4, 0.5) is 5.69 Å². The largest absolute Gasteiger partial charge is 0.325 e. The first-order chi connectivity index (χ1) is 14.1. The van der Waals surface area contributed by atoms with E-state index in [0.29, 0.717) is 21.8 Å². The van der Waals surface area contributed by atoms with Gasteiger partial charge in [0.05, 0.1) is 16.9 Å². The van der Waals surface area contributed by atoms with Gasteiger partial charge < -0.3 is 10.3 Å². The van der Waals surface area contributed by atoms with E-state index < -0.39 is 0 Å². The number of thiophene rings is 1. The number of carbonyl (C=O) groups excluding carboxylic acids is 1. The van der Waals surface area contributed by atoms with Crippen molar-refractivity contribution in [3.05, 3.63) is 75.9 Å². The number of amides is 1. The Balaban J connectivity index is 1.43. The summed E-state index contributed by atoms with van der Waals surface area (Å²) in [6.45, 7) is 1.87. The summed E-state index contributed by atoms with van der Waals surface area (Å²) in [5, 5.41) is 5.41. The number of fused-ring (bicyclic) bond motifs is 1. The fourth-order valence-corrected chi connectivity index (χ4v) is 4.61. The zero-order valence-corrected chi connectivity index (χ0v) is 17.3. The molecule has 3 aromatic heterocycles. The van der Waals surface area contributed by atoms with Crippen LogP contribution in [0.25, 0.3) is 21.3 Å². The summed E-state index contributed by atoms with van der Waals surface area (Å²) in [7, 11) is 0. The van der Waals surface area contributed by atoms with Gasteiger partial charge >= 0.3 is 0 Å². The molecule has 0 atom stereocenters. The van der Waals surface area contributed by atoms with Crippen molar-refractivity contribution in [3.8, 4) is 11.1 Å². The lowest BCUT2D eigenvalue weighted by Crippen LogP contribution is -2.15. The van der Waals surface area contributed by atoms with Crippen LogP contribution in [-0.4, -0.2) is 26.6 Å². The van der Waals surface area contributed by atoms with Gasteiger partial charge in [-0.1, -0.05) is 30.3 Å². The smallest absolute Gasteiger partial charge is 0.260 e. The maximum Gasteiger partial charge on any atom is 0.260 e. The van der Waals surface area contributed by atoms with Gasteiger partial charge in [0.15, 0.2) is 0 Å². The Hall–Kier alpha value is -2.97. The Labute approximate surface area is 175 Å². The fourth-order valence-electron chi connectivity index (χ4n) is 2.95. The summed E-state index contributed by atoms with van der Waals surface area (Å²) in [4.78, 5) is 37.0. The van der Waals surface area contributed by atoms with Crippen molar-refractivity contribution in [1.82, 2.24) is 15.0 Å². The third kappa shape index (κ3) is 4.55. The zero-order chi connectivity index (χ0) is 20.2. The van der Waals surface area contributed by atoms with E-state index in [9.17, 15) is 9.59 Å². The van der Waals surface area contributed by atoms with Crippen LogP contribution in [0.1, 0.15) is 11.5 Å². The highest BCUT2D eigenvalue weighted by molar-refractivity contribution is 7.99. The molecular formula is C21H18N4O2S2. The number of carbonyl (C=O) groups is 1. The number of pyridine rings is 1. The van der Waals surface area contributed by atoms with Crippen LogP contribution < -0.4 is 10.9 Å². The van der Waals surface area contributed by atoms with E-state index in [1.54, 1.807) is 12.3 Å². The molecule has 0 saturated heterocycles. The van der Waals surface area contributed by atoms with Gasteiger partial charge in [-0.3, -0.25) is 14.6 Å². The number of aromatic amines is 1. The highest BCUT2D eigenvalue weighted by atomic mass is 32.2. The van der Waals surface area contributed by atoms with Crippen molar-refractivity contribution in [2.24, 2.45) is 0 Å². The minimum atomic E-state index is -0.151. The number of H-pyrrole nitrogens is 1. The Morgan fingerprint density at radius 2 is 2.07 bits per heavy atom. The summed E-state index contributed by atoms with van der Waals surface area (Å²) in [5.74, 6) is 1.18. The number of aromatic nitrogens is 3. The van der Waals surface area contributed by atoms with Crippen molar-refractivity contribution in [2.45, 2.75) is 12.7 Å². The number of hydrogen-bond acceptors (Lipinski definition) is 6. The number of nitrogens with one attached hydrogen (secondary N) is 2. The monoisotopic (exact) mass is 422 g/mol. The molecule has 0 spiro atoms. The third-order valence-electron chi connectivity index (χ3n) is 4.23. The first kappa shape index (κ1) is 19.4. The van der Waals surface area contributed by atoms with Crippen molar-refractivity contribution in [2.75, 3.05) is 11.1 Å². The first-order valence-corrected chi connectivity index (χ1v) is 11.0. The van der Waals surface area contributed by atoms with Gasteiger partial charge in [-0.25, -0.2) is 4.98 Å². The molecule has 8 heteroatoms. The summed E-state index contributed by atoms with van der Waals surface area (Å²) in [5.41, 5.74) is 3.31. The van der Waals surface area contributed by atoms with Crippen LogP contribution in [0.3, 0.4) is 0 Å². The van der Waals surface area contributed by atoms with Crippen molar-refractivity contribution < 1.29 is 4.79 Å². The first-order valence-electron chi connectivity index (χ1n) is 8.96. The molecule has 1 aromatic carbocycles. The molecule has 0 aliphatic carbocycles. The van der Waals surface area contributed by atoms with Gasteiger partial charge in [-0.05, 0) is 24.6 Å². The van der Waals surface area contributed by atoms with Gasteiger partial charge in [0.25, 0.3) is 5.56 Å². The summed E-state index contributed by atoms with van der Waals surface area (Å²) < 4.78 is 0. The second-order valence-corrected chi connectivity index (χ2v) is 8.28.